The van der Waals surface area contributed by atoms with Gasteiger partial charge >= 0.3 is 0 Å². The highest BCUT2D eigenvalue weighted by atomic mass is 35.5. The van der Waals surface area contributed by atoms with E-state index in [1.54, 1.807) is 6.07 Å². The second-order valence-corrected chi connectivity index (χ2v) is 4.44. The maximum Gasteiger partial charge on any atom is 0.217 e. The first kappa shape index (κ1) is 11.3. The average molecular weight is 259 g/mol. The quantitative estimate of drug-likeness (QED) is 0.765. The number of aromatic nitrogens is 1. The van der Waals surface area contributed by atoms with Crippen LogP contribution >= 0.6 is 11.6 Å². The monoisotopic (exact) mass is 258 g/mol. The topological polar surface area (TPSA) is 52.0 Å². The molecule has 0 fully saturated rings. The van der Waals surface area contributed by atoms with Gasteiger partial charge in [0.1, 0.15) is 11.6 Å². The third-order valence-corrected chi connectivity index (χ3v) is 3.11. The minimum absolute atomic E-state index is 0.380. The Morgan fingerprint density at radius 3 is 2.56 bits per heavy atom. The summed E-state index contributed by atoms with van der Waals surface area (Å²) in [6.45, 7) is 0. The first-order valence-electron chi connectivity index (χ1n) is 5.61. The lowest BCUT2D eigenvalue weighted by Crippen LogP contribution is -2.11. The molecule has 0 spiro atoms. The Hall–Kier alpha value is -1.84. The van der Waals surface area contributed by atoms with Crippen LogP contribution in [0.4, 0.5) is 0 Å². The SMILES string of the molecule is NC(c1ccccc1)c1nc2cccc(Cl)c2o1. The molecule has 0 amide bonds. The molecule has 0 aliphatic heterocycles. The molecule has 1 aromatic heterocycles. The summed E-state index contributed by atoms with van der Waals surface area (Å²) in [6.07, 6.45) is 0. The highest BCUT2D eigenvalue weighted by Gasteiger charge is 2.16. The van der Waals surface area contributed by atoms with Gasteiger partial charge in [0.2, 0.25) is 5.89 Å². The van der Waals surface area contributed by atoms with E-state index in [1.165, 1.54) is 0 Å². The van der Waals surface area contributed by atoms with Crippen LogP contribution in [0.15, 0.2) is 52.9 Å². The molecule has 3 rings (SSSR count). The van der Waals surface area contributed by atoms with Crippen molar-refractivity contribution in [3.05, 3.63) is 65.0 Å². The van der Waals surface area contributed by atoms with E-state index in [-0.39, 0.29) is 6.04 Å². The number of hydrogen-bond acceptors (Lipinski definition) is 3. The van der Waals surface area contributed by atoms with E-state index in [2.05, 4.69) is 4.98 Å². The number of para-hydroxylation sites is 1. The molecule has 0 radical (unpaired) electrons. The van der Waals surface area contributed by atoms with Crippen molar-refractivity contribution in [3.63, 3.8) is 0 Å². The van der Waals surface area contributed by atoms with Crippen LogP contribution < -0.4 is 5.73 Å². The number of oxazole rings is 1. The van der Waals surface area contributed by atoms with Crippen molar-refractivity contribution in [1.82, 2.24) is 4.98 Å². The summed E-state index contributed by atoms with van der Waals surface area (Å²) in [5.74, 6) is 0.476. The molecule has 1 heterocycles. The molecule has 1 unspecified atom stereocenters. The lowest BCUT2D eigenvalue weighted by atomic mass is 10.1. The lowest BCUT2D eigenvalue weighted by Gasteiger charge is -2.06. The van der Waals surface area contributed by atoms with Gasteiger partial charge in [0.25, 0.3) is 0 Å². The van der Waals surface area contributed by atoms with Crippen LogP contribution in [-0.2, 0) is 0 Å². The summed E-state index contributed by atoms with van der Waals surface area (Å²) in [4.78, 5) is 4.37. The molecule has 90 valence electrons. The molecule has 2 aromatic carbocycles. The van der Waals surface area contributed by atoms with Crippen LogP contribution in [0.25, 0.3) is 11.1 Å². The van der Waals surface area contributed by atoms with Crippen LogP contribution in [0, 0.1) is 0 Å². The minimum atomic E-state index is -0.380. The normalized spacial score (nSPS) is 12.8. The summed E-state index contributed by atoms with van der Waals surface area (Å²) >= 11 is 6.05. The first-order chi connectivity index (χ1) is 8.75. The summed E-state index contributed by atoms with van der Waals surface area (Å²) in [5.41, 5.74) is 8.40. The fourth-order valence-electron chi connectivity index (χ4n) is 1.87. The van der Waals surface area contributed by atoms with Gasteiger partial charge in [0.05, 0.1) is 5.02 Å². The Morgan fingerprint density at radius 2 is 1.83 bits per heavy atom. The second kappa shape index (κ2) is 4.44. The highest BCUT2D eigenvalue weighted by Crippen LogP contribution is 2.27. The molecule has 3 nitrogen and oxygen atoms in total. The van der Waals surface area contributed by atoms with Gasteiger partial charge in [-0.05, 0) is 17.7 Å². The van der Waals surface area contributed by atoms with E-state index in [0.29, 0.717) is 16.5 Å². The number of nitrogens with two attached hydrogens (primary N) is 1. The van der Waals surface area contributed by atoms with Crippen molar-refractivity contribution in [2.45, 2.75) is 6.04 Å². The fraction of sp³-hybridized carbons (Fsp3) is 0.0714. The zero-order valence-corrected chi connectivity index (χ0v) is 10.3. The molecule has 4 heteroatoms. The van der Waals surface area contributed by atoms with Crippen LogP contribution in [0.5, 0.6) is 0 Å². The lowest BCUT2D eigenvalue weighted by molar-refractivity contribution is 0.505. The van der Waals surface area contributed by atoms with Gasteiger partial charge in [-0.1, -0.05) is 48.0 Å². The molecule has 0 saturated heterocycles. The van der Waals surface area contributed by atoms with Crippen LogP contribution in [-0.4, -0.2) is 4.98 Å². The van der Waals surface area contributed by atoms with Crippen molar-refractivity contribution in [2.75, 3.05) is 0 Å². The predicted octanol–water partition coefficient (Wildman–Crippen LogP) is 3.53. The zero-order chi connectivity index (χ0) is 12.5. The Morgan fingerprint density at radius 1 is 1.06 bits per heavy atom. The Labute approximate surface area is 109 Å². The Kier molecular flexibility index (Phi) is 2.78. The maximum atomic E-state index is 6.13. The van der Waals surface area contributed by atoms with Crippen LogP contribution in [0.3, 0.4) is 0 Å². The van der Waals surface area contributed by atoms with Gasteiger partial charge in [-0.25, -0.2) is 4.98 Å². The first-order valence-corrected chi connectivity index (χ1v) is 5.99. The number of fused-ring (bicyclic) bond motifs is 1. The van der Waals surface area contributed by atoms with Gasteiger partial charge in [-0.2, -0.15) is 0 Å². The van der Waals surface area contributed by atoms with Gasteiger partial charge in [0.15, 0.2) is 5.58 Å². The van der Waals surface area contributed by atoms with Crippen molar-refractivity contribution in [1.29, 1.82) is 0 Å². The van der Waals surface area contributed by atoms with Gasteiger partial charge in [-0.3, -0.25) is 0 Å². The Bertz CT molecular complexity index is 679. The maximum absolute atomic E-state index is 6.13. The summed E-state index contributed by atoms with van der Waals surface area (Å²) in [7, 11) is 0. The van der Waals surface area contributed by atoms with E-state index in [1.807, 2.05) is 42.5 Å². The smallest absolute Gasteiger partial charge is 0.217 e. The number of rotatable bonds is 2. The van der Waals surface area contributed by atoms with E-state index in [0.717, 1.165) is 11.1 Å². The summed E-state index contributed by atoms with van der Waals surface area (Å²) in [5, 5.41) is 0.548. The molecule has 2 N–H and O–H groups in total. The van der Waals surface area contributed by atoms with Gasteiger partial charge < -0.3 is 10.2 Å². The largest absolute Gasteiger partial charge is 0.437 e. The number of halogens is 1. The number of benzene rings is 2. The number of hydrogen-bond donors (Lipinski definition) is 1. The summed E-state index contributed by atoms with van der Waals surface area (Å²) < 4.78 is 5.65. The van der Waals surface area contributed by atoms with E-state index < -0.39 is 0 Å². The summed E-state index contributed by atoms with van der Waals surface area (Å²) in [6, 6.07) is 14.8. The molecule has 0 aliphatic rings. The predicted molar refractivity (Wildman–Crippen MR) is 71.5 cm³/mol. The Balaban J connectivity index is 2.07. The van der Waals surface area contributed by atoms with Crippen molar-refractivity contribution in [3.8, 4) is 0 Å². The molecular formula is C14H11ClN2O. The van der Waals surface area contributed by atoms with Gasteiger partial charge in [0, 0.05) is 0 Å². The third kappa shape index (κ3) is 1.88. The van der Waals surface area contributed by atoms with E-state index in [4.69, 9.17) is 21.8 Å². The number of nitrogens with zero attached hydrogens (tertiary/aromatic N) is 1. The molecule has 3 aromatic rings. The van der Waals surface area contributed by atoms with Crippen molar-refractivity contribution < 1.29 is 4.42 Å². The third-order valence-electron chi connectivity index (χ3n) is 2.81. The average Bonchev–Trinajstić information content (AvgIpc) is 2.84. The van der Waals surface area contributed by atoms with Crippen molar-refractivity contribution >= 4 is 22.7 Å². The molecule has 1 atom stereocenters. The van der Waals surface area contributed by atoms with Crippen molar-refractivity contribution in [2.24, 2.45) is 5.73 Å². The molecule has 0 saturated carbocycles. The van der Waals surface area contributed by atoms with Crippen LogP contribution in [0.1, 0.15) is 17.5 Å². The molecular weight excluding hydrogens is 248 g/mol. The highest BCUT2D eigenvalue weighted by molar-refractivity contribution is 6.34. The fourth-order valence-corrected chi connectivity index (χ4v) is 2.08. The minimum Gasteiger partial charge on any atom is -0.437 e. The second-order valence-electron chi connectivity index (χ2n) is 4.03. The molecule has 0 aliphatic carbocycles. The van der Waals surface area contributed by atoms with Crippen LogP contribution in [0.2, 0.25) is 5.02 Å². The van der Waals surface area contributed by atoms with Gasteiger partial charge in [-0.15, -0.1) is 0 Å². The standard InChI is InChI=1S/C14H11ClN2O/c15-10-7-4-8-11-13(10)18-14(17-11)12(16)9-5-2-1-3-6-9/h1-8,12H,16H2. The van der Waals surface area contributed by atoms with E-state index in [9.17, 15) is 0 Å². The molecule has 0 bridgehead atoms. The van der Waals surface area contributed by atoms with E-state index >= 15 is 0 Å². The molecule has 18 heavy (non-hydrogen) atoms. The zero-order valence-electron chi connectivity index (χ0n) is 9.51.